The average Bonchev–Trinajstić information content (AvgIpc) is 3.06. The van der Waals surface area contributed by atoms with Gasteiger partial charge in [-0.1, -0.05) is 25.8 Å². The van der Waals surface area contributed by atoms with Crippen LogP contribution >= 0.6 is 0 Å². The predicted molar refractivity (Wildman–Crippen MR) is 85.2 cm³/mol. The van der Waals surface area contributed by atoms with E-state index in [1.165, 1.54) is 32.8 Å². The maximum atomic E-state index is 11.9. The number of aryl methyl sites for hydroxylation is 1. The lowest BCUT2D eigenvalue weighted by atomic mass is 10.1. The Kier molecular flexibility index (Phi) is 6.25. The van der Waals surface area contributed by atoms with Gasteiger partial charge in [0, 0.05) is 0 Å². The summed E-state index contributed by atoms with van der Waals surface area (Å²) < 4.78 is 16.4. The molecule has 0 aromatic heterocycles. The number of rotatable bonds is 7. The average molecular weight is 306 g/mol. The maximum absolute atomic E-state index is 11.9. The zero-order chi connectivity index (χ0) is 15.9. The number of hydrogen-bond donors (Lipinski definition) is 0. The van der Waals surface area contributed by atoms with Crippen LogP contribution in [0.2, 0.25) is 0 Å². The molecule has 1 unspecified atom stereocenters. The van der Waals surface area contributed by atoms with Crippen molar-refractivity contribution >= 4 is 5.97 Å². The second-order valence-electron chi connectivity index (χ2n) is 5.84. The molecule has 0 amide bonds. The fraction of sp³-hybridized carbons (Fsp3) is 0.611. The molecule has 2 rings (SSSR count). The number of ether oxygens (including phenoxy) is 3. The minimum atomic E-state index is -0.381. The van der Waals surface area contributed by atoms with Crippen molar-refractivity contribution < 1.29 is 19.0 Å². The normalized spacial score (nSPS) is 16.5. The van der Waals surface area contributed by atoms with E-state index in [1.807, 2.05) is 32.0 Å². The van der Waals surface area contributed by atoms with Crippen molar-refractivity contribution in [3.8, 4) is 5.75 Å². The van der Waals surface area contributed by atoms with Crippen molar-refractivity contribution in [1.29, 1.82) is 0 Å². The SMILES string of the molecule is CCc1ccc(OC(C)OCC2CCCC2)c(C(=O)OC)c1. The Morgan fingerprint density at radius 1 is 1.32 bits per heavy atom. The fourth-order valence-electron chi connectivity index (χ4n) is 2.83. The van der Waals surface area contributed by atoms with Crippen molar-refractivity contribution in [2.45, 2.75) is 52.2 Å². The molecule has 0 saturated heterocycles. The van der Waals surface area contributed by atoms with Crippen molar-refractivity contribution in [3.05, 3.63) is 29.3 Å². The first-order valence-electron chi connectivity index (χ1n) is 8.13. The highest BCUT2D eigenvalue weighted by Gasteiger charge is 2.19. The molecule has 0 spiro atoms. The summed E-state index contributed by atoms with van der Waals surface area (Å²) in [6.45, 7) is 4.63. The number of benzene rings is 1. The van der Waals surface area contributed by atoms with E-state index < -0.39 is 0 Å². The summed E-state index contributed by atoms with van der Waals surface area (Å²) >= 11 is 0. The third-order valence-corrected chi connectivity index (χ3v) is 4.19. The second kappa shape index (κ2) is 8.18. The van der Waals surface area contributed by atoms with Gasteiger partial charge >= 0.3 is 5.97 Å². The molecule has 4 nitrogen and oxygen atoms in total. The number of hydrogen-bond acceptors (Lipinski definition) is 4. The summed E-state index contributed by atoms with van der Waals surface area (Å²) in [5.41, 5.74) is 1.53. The van der Waals surface area contributed by atoms with Crippen molar-refractivity contribution in [3.63, 3.8) is 0 Å². The molecule has 0 bridgehead atoms. The molecule has 122 valence electrons. The van der Waals surface area contributed by atoms with Gasteiger partial charge in [0.05, 0.1) is 13.7 Å². The molecule has 1 aromatic carbocycles. The van der Waals surface area contributed by atoms with E-state index in [4.69, 9.17) is 14.2 Å². The topological polar surface area (TPSA) is 44.8 Å². The predicted octanol–water partition coefficient (Wildman–Crippen LogP) is 3.97. The van der Waals surface area contributed by atoms with Gasteiger partial charge in [-0.3, -0.25) is 0 Å². The Hall–Kier alpha value is -1.55. The number of carbonyl (C=O) groups excluding carboxylic acids is 1. The van der Waals surface area contributed by atoms with Crippen LogP contribution in [0.3, 0.4) is 0 Å². The van der Waals surface area contributed by atoms with Crippen LogP contribution in [-0.4, -0.2) is 26.0 Å². The Morgan fingerprint density at radius 3 is 2.68 bits per heavy atom. The van der Waals surface area contributed by atoms with E-state index in [0.717, 1.165) is 18.6 Å². The van der Waals surface area contributed by atoms with Crippen LogP contribution in [0, 0.1) is 5.92 Å². The minimum Gasteiger partial charge on any atom is -0.465 e. The van der Waals surface area contributed by atoms with E-state index in [2.05, 4.69) is 0 Å². The van der Waals surface area contributed by atoms with E-state index in [1.54, 1.807) is 0 Å². The van der Waals surface area contributed by atoms with E-state index in [9.17, 15) is 4.79 Å². The lowest BCUT2D eigenvalue weighted by Crippen LogP contribution is -2.21. The van der Waals surface area contributed by atoms with Crippen LogP contribution in [-0.2, 0) is 15.9 Å². The van der Waals surface area contributed by atoms with E-state index >= 15 is 0 Å². The standard InChI is InChI=1S/C18H26O4/c1-4-14-9-10-17(16(11-14)18(19)20-3)22-13(2)21-12-15-7-5-6-8-15/h9-11,13,15H,4-8,12H2,1-3H3. The smallest absolute Gasteiger partial charge is 0.341 e. The van der Waals surface area contributed by atoms with Gasteiger partial charge in [0.25, 0.3) is 0 Å². The highest BCUT2D eigenvalue weighted by Crippen LogP contribution is 2.26. The summed E-state index contributed by atoms with van der Waals surface area (Å²) in [4.78, 5) is 11.9. The molecule has 22 heavy (non-hydrogen) atoms. The minimum absolute atomic E-state index is 0.378. The lowest BCUT2D eigenvalue weighted by Gasteiger charge is -2.19. The molecule has 1 atom stereocenters. The zero-order valence-electron chi connectivity index (χ0n) is 13.8. The van der Waals surface area contributed by atoms with Gasteiger partial charge in [0.1, 0.15) is 11.3 Å². The van der Waals surface area contributed by atoms with Gasteiger partial charge in [-0.25, -0.2) is 4.79 Å². The molecule has 1 fully saturated rings. The van der Waals surface area contributed by atoms with Gasteiger partial charge in [-0.05, 0) is 49.8 Å². The highest BCUT2D eigenvalue weighted by atomic mass is 16.7. The Labute approximate surface area is 132 Å². The molecule has 0 radical (unpaired) electrons. The Morgan fingerprint density at radius 2 is 2.05 bits per heavy atom. The Balaban J connectivity index is 1.99. The first-order valence-corrected chi connectivity index (χ1v) is 8.13. The van der Waals surface area contributed by atoms with Crippen LogP contribution in [0.4, 0.5) is 0 Å². The molecule has 1 aliphatic carbocycles. The van der Waals surface area contributed by atoms with Crippen LogP contribution in [0.15, 0.2) is 18.2 Å². The molecular formula is C18H26O4. The lowest BCUT2D eigenvalue weighted by molar-refractivity contribution is -0.0785. The summed E-state index contributed by atoms with van der Waals surface area (Å²) in [7, 11) is 1.38. The van der Waals surface area contributed by atoms with Crippen molar-refractivity contribution in [2.24, 2.45) is 5.92 Å². The first-order chi connectivity index (χ1) is 10.6. The van der Waals surface area contributed by atoms with Gasteiger partial charge in [0.15, 0.2) is 6.29 Å². The number of methoxy groups -OCH3 is 1. The van der Waals surface area contributed by atoms with Gasteiger partial charge in [-0.2, -0.15) is 0 Å². The third kappa shape index (κ3) is 4.47. The van der Waals surface area contributed by atoms with Crippen LogP contribution in [0.25, 0.3) is 0 Å². The highest BCUT2D eigenvalue weighted by molar-refractivity contribution is 5.92. The maximum Gasteiger partial charge on any atom is 0.341 e. The Bertz CT molecular complexity index is 492. The van der Waals surface area contributed by atoms with Gasteiger partial charge in [-0.15, -0.1) is 0 Å². The van der Waals surface area contributed by atoms with Crippen molar-refractivity contribution in [2.75, 3.05) is 13.7 Å². The summed E-state index contributed by atoms with van der Waals surface area (Å²) in [5, 5.41) is 0. The van der Waals surface area contributed by atoms with Crippen LogP contribution < -0.4 is 4.74 Å². The third-order valence-electron chi connectivity index (χ3n) is 4.19. The van der Waals surface area contributed by atoms with Gasteiger partial charge < -0.3 is 14.2 Å². The summed E-state index contributed by atoms with van der Waals surface area (Å²) in [6, 6.07) is 5.61. The van der Waals surface area contributed by atoms with E-state index in [0.29, 0.717) is 17.2 Å². The first kappa shape index (κ1) is 16.8. The summed E-state index contributed by atoms with van der Waals surface area (Å²) in [6.07, 6.45) is 5.56. The molecular weight excluding hydrogens is 280 g/mol. The largest absolute Gasteiger partial charge is 0.465 e. The van der Waals surface area contributed by atoms with E-state index in [-0.39, 0.29) is 12.3 Å². The quantitative estimate of drug-likeness (QED) is 0.565. The van der Waals surface area contributed by atoms with Crippen molar-refractivity contribution in [1.82, 2.24) is 0 Å². The number of carbonyl (C=O) groups is 1. The zero-order valence-corrected chi connectivity index (χ0v) is 13.8. The molecule has 4 heteroatoms. The summed E-state index contributed by atoms with van der Waals surface area (Å²) in [5.74, 6) is 0.782. The molecule has 1 saturated carbocycles. The molecule has 1 aliphatic rings. The molecule has 0 aliphatic heterocycles. The monoisotopic (exact) mass is 306 g/mol. The molecule has 0 heterocycles. The molecule has 0 N–H and O–H groups in total. The van der Waals surface area contributed by atoms with Gasteiger partial charge in [0.2, 0.25) is 0 Å². The molecule has 1 aromatic rings. The fourth-order valence-corrected chi connectivity index (χ4v) is 2.83. The second-order valence-corrected chi connectivity index (χ2v) is 5.84. The van der Waals surface area contributed by atoms with Crippen LogP contribution in [0.5, 0.6) is 5.75 Å². The van der Waals surface area contributed by atoms with Crippen LogP contribution in [0.1, 0.15) is 55.5 Å². The number of esters is 1.